The van der Waals surface area contributed by atoms with Crippen LogP contribution in [-0.2, 0) is 0 Å². The topological polar surface area (TPSA) is 34.2 Å². The number of fused-ring (bicyclic) bond motifs is 1. The Hall–Kier alpha value is -1.39. The van der Waals surface area contributed by atoms with Crippen LogP contribution in [0.25, 0.3) is 16.5 Å². The van der Waals surface area contributed by atoms with Crippen molar-refractivity contribution in [1.29, 1.82) is 0 Å². The van der Waals surface area contributed by atoms with Crippen molar-refractivity contribution in [3.8, 4) is 0 Å². The summed E-state index contributed by atoms with van der Waals surface area (Å²) in [5.41, 5.74) is 10.4. The van der Waals surface area contributed by atoms with Crippen molar-refractivity contribution in [3.05, 3.63) is 36.0 Å². The lowest BCUT2D eigenvalue weighted by molar-refractivity contribution is 0.370. The van der Waals surface area contributed by atoms with E-state index in [0.717, 1.165) is 30.7 Å². The number of benzene rings is 1. The first kappa shape index (κ1) is 11.7. The third-order valence-electron chi connectivity index (χ3n) is 3.57. The van der Waals surface area contributed by atoms with Gasteiger partial charge in [0, 0.05) is 35.9 Å². The molecule has 1 aromatic heterocycles. The summed E-state index contributed by atoms with van der Waals surface area (Å²) in [4.78, 5) is 2.32. The molecule has 3 nitrogen and oxygen atoms in total. The van der Waals surface area contributed by atoms with Gasteiger partial charge in [-0.15, -0.1) is 0 Å². The number of nitrogens with two attached hydrogens (primary N) is 1. The number of aromatic nitrogens is 1. The molecule has 1 aliphatic rings. The van der Waals surface area contributed by atoms with E-state index in [1.54, 1.807) is 0 Å². The number of likely N-dealkylation sites (N-methyl/N-ethyl adjacent to an activating group) is 1. The van der Waals surface area contributed by atoms with Gasteiger partial charge < -0.3 is 10.6 Å². The minimum Gasteiger partial charge on any atom is -0.399 e. The van der Waals surface area contributed by atoms with Crippen LogP contribution in [0.1, 0.15) is 12.0 Å². The third kappa shape index (κ3) is 1.91. The Bertz CT molecular complexity index is 627. The number of nitrogen functional groups attached to an aromatic ring is 1. The molecule has 1 aromatic carbocycles. The first-order chi connectivity index (χ1) is 8.65. The molecule has 2 aromatic rings. The van der Waals surface area contributed by atoms with Crippen LogP contribution in [0.15, 0.2) is 30.5 Å². The molecule has 2 N–H and O–H groups in total. The molecule has 94 valence electrons. The molecular weight excluding hydrogens is 242 g/mol. The summed E-state index contributed by atoms with van der Waals surface area (Å²) in [6.45, 7) is 2.13. The summed E-state index contributed by atoms with van der Waals surface area (Å²) in [5.74, 6) is 0. The molecule has 0 spiro atoms. The smallest absolute Gasteiger partial charge is 0.0615 e. The quantitative estimate of drug-likeness (QED) is 0.610. The summed E-state index contributed by atoms with van der Waals surface area (Å²) in [6.07, 6.45) is 5.49. The zero-order chi connectivity index (χ0) is 12.7. The van der Waals surface area contributed by atoms with E-state index in [-0.39, 0.29) is 0 Å². The molecule has 4 heteroatoms. The number of anilines is 1. The van der Waals surface area contributed by atoms with E-state index in [1.165, 1.54) is 16.5 Å². The van der Waals surface area contributed by atoms with Gasteiger partial charge in [0.05, 0.1) is 5.52 Å². The second-order valence-corrected chi connectivity index (χ2v) is 5.34. The Balaban J connectivity index is 2.13. The molecule has 3 rings (SSSR count). The number of thiol groups is 1. The van der Waals surface area contributed by atoms with Crippen molar-refractivity contribution in [2.24, 2.45) is 0 Å². The lowest BCUT2D eigenvalue weighted by Gasteiger charge is -2.21. The van der Waals surface area contributed by atoms with Crippen LogP contribution in [0.3, 0.4) is 0 Å². The molecule has 0 bridgehead atoms. The second-order valence-electron chi connectivity index (χ2n) is 4.91. The van der Waals surface area contributed by atoms with Crippen LogP contribution in [0.4, 0.5) is 5.69 Å². The van der Waals surface area contributed by atoms with Crippen molar-refractivity contribution in [2.75, 3.05) is 25.9 Å². The normalized spacial score (nSPS) is 17.1. The summed E-state index contributed by atoms with van der Waals surface area (Å²) >= 11 is 4.48. The van der Waals surface area contributed by atoms with Gasteiger partial charge in [0.25, 0.3) is 0 Å². The first-order valence-electron chi connectivity index (χ1n) is 6.13. The highest BCUT2D eigenvalue weighted by Crippen LogP contribution is 2.32. The molecule has 0 atom stereocenters. The number of rotatable bonds is 1. The summed E-state index contributed by atoms with van der Waals surface area (Å²) in [5, 5.41) is 1.23. The minimum atomic E-state index is 0.778. The molecule has 0 amide bonds. The van der Waals surface area contributed by atoms with Crippen molar-refractivity contribution < 1.29 is 0 Å². The van der Waals surface area contributed by atoms with Crippen molar-refractivity contribution in [3.63, 3.8) is 0 Å². The Morgan fingerprint density at radius 1 is 1.33 bits per heavy atom. The molecule has 0 unspecified atom stereocenters. The third-order valence-corrected chi connectivity index (χ3v) is 3.90. The molecule has 18 heavy (non-hydrogen) atoms. The standard InChI is InChI=1S/C14H17N3S/c1-16-6-4-10(5-7-16)13-9-17(18)14-8-11(15)2-3-12(13)14/h2-4,8-9,18H,5-7,15H2,1H3. The molecule has 1 aliphatic heterocycles. The summed E-state index contributed by atoms with van der Waals surface area (Å²) < 4.78 is 1.86. The van der Waals surface area contributed by atoms with Crippen LogP contribution in [0.5, 0.6) is 0 Å². The molecule has 0 aliphatic carbocycles. The SMILES string of the molecule is CN1CC=C(c2cn(S)c3cc(N)ccc23)CC1. The van der Waals surface area contributed by atoms with E-state index in [4.69, 9.17) is 5.73 Å². The van der Waals surface area contributed by atoms with Crippen LogP contribution in [0, 0.1) is 0 Å². The highest BCUT2D eigenvalue weighted by Gasteiger charge is 2.14. The predicted molar refractivity (Wildman–Crippen MR) is 80.8 cm³/mol. The Morgan fingerprint density at radius 2 is 2.17 bits per heavy atom. The second kappa shape index (κ2) is 4.37. The van der Waals surface area contributed by atoms with Crippen LogP contribution in [0.2, 0.25) is 0 Å². The van der Waals surface area contributed by atoms with Gasteiger partial charge in [-0.2, -0.15) is 0 Å². The lowest BCUT2D eigenvalue weighted by Crippen LogP contribution is -2.23. The number of nitrogens with zero attached hydrogens (tertiary/aromatic N) is 2. The van der Waals surface area contributed by atoms with Crippen LogP contribution < -0.4 is 5.73 Å². The highest BCUT2D eigenvalue weighted by molar-refractivity contribution is 7.78. The van der Waals surface area contributed by atoms with Crippen molar-refractivity contribution >= 4 is 35.0 Å². The number of hydrogen-bond acceptors (Lipinski definition) is 3. The maximum atomic E-state index is 5.83. The molecule has 0 radical (unpaired) electrons. The monoisotopic (exact) mass is 259 g/mol. The van der Waals surface area contributed by atoms with Crippen LogP contribution >= 0.6 is 12.8 Å². The van der Waals surface area contributed by atoms with Gasteiger partial charge in [0.15, 0.2) is 0 Å². The first-order valence-corrected chi connectivity index (χ1v) is 6.53. The zero-order valence-corrected chi connectivity index (χ0v) is 11.3. The van der Waals surface area contributed by atoms with E-state index < -0.39 is 0 Å². The Morgan fingerprint density at radius 3 is 2.89 bits per heavy atom. The largest absolute Gasteiger partial charge is 0.399 e. The van der Waals surface area contributed by atoms with Gasteiger partial charge in [-0.1, -0.05) is 25.0 Å². The fraction of sp³-hybridized carbons (Fsp3) is 0.286. The number of hydrogen-bond donors (Lipinski definition) is 2. The highest BCUT2D eigenvalue weighted by atomic mass is 32.1. The van der Waals surface area contributed by atoms with Gasteiger partial charge in [-0.25, -0.2) is 0 Å². The predicted octanol–water partition coefficient (Wildman–Crippen LogP) is 2.64. The minimum absolute atomic E-state index is 0.778. The Kier molecular flexibility index (Phi) is 2.84. The average molecular weight is 259 g/mol. The van der Waals surface area contributed by atoms with Gasteiger partial charge in [0.2, 0.25) is 0 Å². The average Bonchev–Trinajstić information content (AvgIpc) is 2.68. The van der Waals surface area contributed by atoms with Crippen molar-refractivity contribution in [1.82, 2.24) is 8.87 Å². The molecular formula is C14H17N3S. The zero-order valence-electron chi connectivity index (χ0n) is 10.4. The molecule has 0 saturated carbocycles. The molecule has 0 fully saturated rings. The van der Waals surface area contributed by atoms with Crippen molar-refractivity contribution in [2.45, 2.75) is 6.42 Å². The van der Waals surface area contributed by atoms with Gasteiger partial charge in [-0.05, 0) is 31.2 Å². The maximum Gasteiger partial charge on any atom is 0.0615 e. The van der Waals surface area contributed by atoms with Gasteiger partial charge >= 0.3 is 0 Å². The summed E-state index contributed by atoms with van der Waals surface area (Å²) in [7, 11) is 2.15. The van der Waals surface area contributed by atoms with E-state index in [1.807, 2.05) is 16.1 Å². The molecule has 2 heterocycles. The van der Waals surface area contributed by atoms with Gasteiger partial charge in [0.1, 0.15) is 0 Å². The molecule has 0 saturated heterocycles. The van der Waals surface area contributed by atoms with E-state index in [0.29, 0.717) is 0 Å². The lowest BCUT2D eigenvalue weighted by atomic mass is 9.99. The fourth-order valence-electron chi connectivity index (χ4n) is 2.50. The van der Waals surface area contributed by atoms with Gasteiger partial charge in [-0.3, -0.25) is 3.97 Å². The van der Waals surface area contributed by atoms with E-state index >= 15 is 0 Å². The fourth-order valence-corrected chi connectivity index (χ4v) is 2.78. The van der Waals surface area contributed by atoms with E-state index in [9.17, 15) is 0 Å². The van der Waals surface area contributed by atoms with E-state index in [2.05, 4.69) is 43.1 Å². The maximum absolute atomic E-state index is 5.83. The van der Waals surface area contributed by atoms with Crippen LogP contribution in [-0.4, -0.2) is 29.0 Å². The Labute approximate surface area is 112 Å². The summed E-state index contributed by atoms with van der Waals surface area (Å²) in [6, 6.07) is 6.02.